The first-order valence-corrected chi connectivity index (χ1v) is 9.14. The lowest BCUT2D eigenvalue weighted by Crippen LogP contribution is -2.13. The van der Waals surface area contributed by atoms with Crippen LogP contribution in [-0.4, -0.2) is 12.1 Å². The van der Waals surface area contributed by atoms with Crippen molar-refractivity contribution in [3.05, 3.63) is 75.2 Å². The van der Waals surface area contributed by atoms with E-state index in [9.17, 15) is 0 Å². The highest BCUT2D eigenvalue weighted by Crippen LogP contribution is 2.37. The number of benzene rings is 1. The molecule has 0 radical (unpaired) electrons. The summed E-state index contributed by atoms with van der Waals surface area (Å²) in [4.78, 5) is 5.43. The molecule has 0 unspecified atom stereocenters. The zero-order valence-corrected chi connectivity index (χ0v) is 16.7. The summed E-state index contributed by atoms with van der Waals surface area (Å²) in [5.41, 5.74) is 2.03. The summed E-state index contributed by atoms with van der Waals surface area (Å²) in [6, 6.07) is 13.7. The van der Waals surface area contributed by atoms with Gasteiger partial charge in [-0.2, -0.15) is 0 Å². The van der Waals surface area contributed by atoms with Crippen molar-refractivity contribution in [3.63, 3.8) is 0 Å². The van der Waals surface area contributed by atoms with Gasteiger partial charge < -0.3 is 14.8 Å². The van der Waals surface area contributed by atoms with E-state index < -0.39 is 0 Å². The van der Waals surface area contributed by atoms with E-state index in [4.69, 9.17) is 21.1 Å². The van der Waals surface area contributed by atoms with Crippen LogP contribution in [0.4, 0.5) is 0 Å². The molecule has 0 aliphatic heterocycles. The van der Waals surface area contributed by atoms with Crippen molar-refractivity contribution in [1.82, 2.24) is 10.3 Å². The second kappa shape index (κ2) is 10.4. The van der Waals surface area contributed by atoms with Crippen molar-refractivity contribution in [2.24, 2.45) is 0 Å². The minimum Gasteiger partial charge on any atom is -0.493 e. The number of aromatic nitrogens is 1. The molecule has 0 amide bonds. The van der Waals surface area contributed by atoms with Crippen LogP contribution in [0.15, 0.2) is 54.0 Å². The topological polar surface area (TPSA) is 43.4 Å². The first-order valence-electron chi connectivity index (χ1n) is 7.88. The molecule has 0 bridgehead atoms. The van der Waals surface area contributed by atoms with E-state index in [1.807, 2.05) is 47.8 Å². The van der Waals surface area contributed by atoms with Crippen LogP contribution in [0.25, 0.3) is 0 Å². The summed E-state index contributed by atoms with van der Waals surface area (Å²) in [5.74, 6) is 1.21. The molecule has 26 heavy (non-hydrogen) atoms. The van der Waals surface area contributed by atoms with Crippen molar-refractivity contribution in [1.29, 1.82) is 0 Å². The van der Waals surface area contributed by atoms with Gasteiger partial charge in [0, 0.05) is 24.2 Å². The molecule has 0 fully saturated rings. The molecule has 0 aliphatic carbocycles. The van der Waals surface area contributed by atoms with Gasteiger partial charge in [-0.15, -0.1) is 23.7 Å². The Labute approximate surface area is 168 Å². The van der Waals surface area contributed by atoms with Gasteiger partial charge in [0.2, 0.25) is 0 Å². The summed E-state index contributed by atoms with van der Waals surface area (Å²) in [7, 11) is 1.62. The Kier molecular flexibility index (Phi) is 8.19. The van der Waals surface area contributed by atoms with Crippen molar-refractivity contribution in [2.45, 2.75) is 19.7 Å². The lowest BCUT2D eigenvalue weighted by molar-refractivity contribution is 0.287. The maximum Gasteiger partial charge on any atom is 0.180 e. The van der Waals surface area contributed by atoms with Crippen LogP contribution in [0, 0.1) is 0 Å². The first-order chi connectivity index (χ1) is 12.3. The van der Waals surface area contributed by atoms with E-state index in [0.717, 1.165) is 16.1 Å². The zero-order valence-electron chi connectivity index (χ0n) is 14.3. The molecule has 138 valence electrons. The highest BCUT2D eigenvalue weighted by molar-refractivity contribution is 7.09. The van der Waals surface area contributed by atoms with Gasteiger partial charge in [-0.05, 0) is 41.3 Å². The van der Waals surface area contributed by atoms with Crippen molar-refractivity contribution in [2.75, 3.05) is 7.11 Å². The Morgan fingerprint density at radius 3 is 2.73 bits per heavy atom. The van der Waals surface area contributed by atoms with Crippen LogP contribution in [0.2, 0.25) is 5.02 Å². The molecular weight excluding hydrogens is 391 g/mol. The number of nitrogens with zero attached hydrogens (tertiary/aromatic N) is 1. The molecule has 0 atom stereocenters. The third kappa shape index (κ3) is 5.61. The molecule has 4 nitrogen and oxygen atoms in total. The number of rotatable bonds is 8. The molecule has 0 spiro atoms. The maximum atomic E-state index is 6.41. The van der Waals surface area contributed by atoms with Gasteiger partial charge in [0.15, 0.2) is 11.5 Å². The Balaban J connectivity index is 0.00000243. The average molecular weight is 411 g/mol. The smallest absolute Gasteiger partial charge is 0.180 e. The SMILES string of the molecule is COc1cc(CNCc2ccccn2)cc(Cl)c1OCc1cccs1.Cl. The van der Waals surface area contributed by atoms with Gasteiger partial charge in [0.1, 0.15) is 6.61 Å². The van der Waals surface area contributed by atoms with Crippen molar-refractivity contribution >= 4 is 35.3 Å². The number of ether oxygens (including phenoxy) is 2. The molecule has 7 heteroatoms. The number of hydrogen-bond donors (Lipinski definition) is 1. The van der Waals surface area contributed by atoms with E-state index in [2.05, 4.69) is 10.3 Å². The predicted octanol–water partition coefficient (Wildman–Crippen LogP) is 5.10. The normalized spacial score (nSPS) is 10.2. The molecular formula is C19H20Cl2N2O2S. The lowest BCUT2D eigenvalue weighted by Gasteiger charge is -2.14. The van der Waals surface area contributed by atoms with E-state index >= 15 is 0 Å². The predicted molar refractivity (Wildman–Crippen MR) is 109 cm³/mol. The molecule has 0 saturated carbocycles. The number of hydrogen-bond acceptors (Lipinski definition) is 5. The van der Waals surface area contributed by atoms with Gasteiger partial charge in [-0.25, -0.2) is 0 Å². The fraction of sp³-hybridized carbons (Fsp3) is 0.211. The monoisotopic (exact) mass is 410 g/mol. The third-order valence-electron chi connectivity index (χ3n) is 3.59. The van der Waals surface area contributed by atoms with Crippen molar-refractivity contribution < 1.29 is 9.47 Å². The average Bonchev–Trinajstić information content (AvgIpc) is 3.15. The second-order valence-corrected chi connectivity index (χ2v) is 6.84. The molecule has 3 rings (SSSR count). The minimum atomic E-state index is 0. The Morgan fingerprint density at radius 1 is 1.15 bits per heavy atom. The van der Waals surface area contributed by atoms with Gasteiger partial charge in [0.25, 0.3) is 0 Å². The van der Waals surface area contributed by atoms with Crippen LogP contribution < -0.4 is 14.8 Å². The highest BCUT2D eigenvalue weighted by atomic mass is 35.5. The molecule has 2 aromatic heterocycles. The Hall–Kier alpha value is -1.79. The Bertz CT molecular complexity index is 799. The van der Waals surface area contributed by atoms with Gasteiger partial charge in [-0.1, -0.05) is 23.7 Å². The van der Waals surface area contributed by atoms with Crippen LogP contribution in [0.3, 0.4) is 0 Å². The Morgan fingerprint density at radius 2 is 2.04 bits per heavy atom. The van der Waals surface area contributed by atoms with E-state index in [0.29, 0.717) is 36.2 Å². The van der Waals surface area contributed by atoms with Crippen LogP contribution in [-0.2, 0) is 19.7 Å². The molecule has 2 heterocycles. The third-order valence-corrected chi connectivity index (χ3v) is 4.72. The van der Waals surface area contributed by atoms with Gasteiger partial charge in [0.05, 0.1) is 17.8 Å². The minimum absolute atomic E-state index is 0. The van der Waals surface area contributed by atoms with Crippen molar-refractivity contribution in [3.8, 4) is 11.5 Å². The molecule has 1 N–H and O–H groups in total. The number of halogens is 2. The van der Waals surface area contributed by atoms with Crippen LogP contribution >= 0.6 is 35.3 Å². The van der Waals surface area contributed by atoms with Crippen LogP contribution in [0.5, 0.6) is 11.5 Å². The largest absolute Gasteiger partial charge is 0.493 e. The summed E-state index contributed by atoms with van der Waals surface area (Å²) >= 11 is 8.06. The fourth-order valence-electron chi connectivity index (χ4n) is 2.39. The van der Waals surface area contributed by atoms with Gasteiger partial charge in [-0.3, -0.25) is 4.98 Å². The summed E-state index contributed by atoms with van der Waals surface area (Å²) in [6.07, 6.45) is 1.79. The maximum absolute atomic E-state index is 6.41. The zero-order chi connectivity index (χ0) is 17.5. The molecule has 0 aliphatic rings. The standard InChI is InChI=1S/C19H19ClN2O2S.ClH/c1-23-18-10-14(11-21-12-15-5-2-3-7-22-15)9-17(20)19(18)24-13-16-6-4-8-25-16;/h2-10,21H,11-13H2,1H3;1H. The number of methoxy groups -OCH3 is 1. The summed E-state index contributed by atoms with van der Waals surface area (Å²) in [6.45, 7) is 1.83. The number of thiophene rings is 1. The summed E-state index contributed by atoms with van der Waals surface area (Å²) in [5, 5.41) is 5.92. The molecule has 3 aromatic rings. The van der Waals surface area contributed by atoms with E-state index in [1.54, 1.807) is 24.6 Å². The quantitative estimate of drug-likeness (QED) is 0.561. The van der Waals surface area contributed by atoms with Crippen LogP contribution in [0.1, 0.15) is 16.1 Å². The lowest BCUT2D eigenvalue weighted by atomic mass is 10.2. The number of pyridine rings is 1. The first kappa shape index (κ1) is 20.5. The van der Waals surface area contributed by atoms with Gasteiger partial charge >= 0.3 is 0 Å². The molecule has 0 saturated heterocycles. The number of nitrogens with one attached hydrogen (secondary N) is 1. The fourth-order valence-corrected chi connectivity index (χ4v) is 3.29. The van der Waals surface area contributed by atoms with E-state index in [1.165, 1.54) is 0 Å². The summed E-state index contributed by atoms with van der Waals surface area (Å²) < 4.78 is 11.3. The highest BCUT2D eigenvalue weighted by Gasteiger charge is 2.12. The van der Waals surface area contributed by atoms with E-state index in [-0.39, 0.29) is 12.4 Å². The second-order valence-electron chi connectivity index (χ2n) is 5.40. The molecule has 1 aromatic carbocycles.